The molecule has 0 bridgehead atoms. The Labute approximate surface area is 82.0 Å². The Bertz CT molecular complexity index is 145. The molecule has 0 atom stereocenters. The van der Waals surface area contributed by atoms with Crippen LogP contribution in [0.2, 0.25) is 5.28 Å². The molecule has 1 aliphatic rings. The van der Waals surface area contributed by atoms with Crippen molar-refractivity contribution in [2.75, 3.05) is 19.8 Å². The summed E-state index contributed by atoms with van der Waals surface area (Å²) in [4.78, 5) is 0. The summed E-state index contributed by atoms with van der Waals surface area (Å²) in [6.07, 6.45) is 0. The van der Waals surface area contributed by atoms with Crippen LogP contribution in [0.4, 0.5) is 0 Å². The Morgan fingerprint density at radius 1 is 1.33 bits per heavy atom. The van der Waals surface area contributed by atoms with Crippen molar-refractivity contribution in [3.63, 3.8) is 0 Å². The summed E-state index contributed by atoms with van der Waals surface area (Å²) in [5, 5.41) is 0.930. The third-order valence-corrected chi connectivity index (χ3v) is 3.18. The molecule has 0 amide bonds. The van der Waals surface area contributed by atoms with Crippen LogP contribution in [-0.2, 0) is 9.47 Å². The van der Waals surface area contributed by atoms with E-state index in [2.05, 4.69) is 16.3 Å². The van der Waals surface area contributed by atoms with Crippen LogP contribution in [0.1, 0.15) is 13.8 Å². The molecule has 12 heavy (non-hydrogen) atoms. The SMILES string of the molecule is CC1(C)OCC(CN)([CH2][Al])CO1. The molecule has 0 aromatic rings. The van der Waals surface area contributed by atoms with Gasteiger partial charge in [-0.25, -0.2) is 0 Å². The van der Waals surface area contributed by atoms with Gasteiger partial charge in [-0.3, -0.25) is 0 Å². The number of hydrogen-bond donors (Lipinski definition) is 1. The van der Waals surface area contributed by atoms with Gasteiger partial charge < -0.3 is 15.2 Å². The number of nitrogens with two attached hydrogens (primary N) is 1. The predicted octanol–water partition coefficient (Wildman–Crippen LogP) is 0.301. The average Bonchev–Trinajstić information content (AvgIpc) is 2.06. The lowest BCUT2D eigenvalue weighted by atomic mass is 9.91. The highest BCUT2D eigenvalue weighted by molar-refractivity contribution is 6.09. The molecule has 1 rings (SSSR count). The first kappa shape index (κ1) is 10.5. The molecule has 2 N–H and O–H groups in total. The van der Waals surface area contributed by atoms with Crippen LogP contribution < -0.4 is 5.73 Å². The minimum Gasteiger partial charge on any atom is -0.350 e. The number of hydrogen-bond acceptors (Lipinski definition) is 3. The molecular formula is C8H16AlNO2. The van der Waals surface area contributed by atoms with Crippen molar-refractivity contribution in [1.29, 1.82) is 0 Å². The standard InChI is InChI=1S/C8H16NO2.Al/c1-7(2)10-5-8(3,4-9)6-11-7;/h3-6,9H2,1-2H3;. The van der Waals surface area contributed by atoms with Gasteiger partial charge in [0.15, 0.2) is 5.79 Å². The van der Waals surface area contributed by atoms with Crippen molar-refractivity contribution in [2.24, 2.45) is 11.1 Å². The first-order chi connectivity index (χ1) is 5.54. The van der Waals surface area contributed by atoms with Crippen LogP contribution >= 0.6 is 0 Å². The molecule has 1 saturated heterocycles. The maximum Gasteiger partial charge on any atom is 0.162 e. The highest BCUT2D eigenvalue weighted by Crippen LogP contribution is 2.30. The fourth-order valence-electron chi connectivity index (χ4n) is 1.06. The van der Waals surface area contributed by atoms with Gasteiger partial charge in [-0.2, -0.15) is 0 Å². The fraction of sp³-hybridized carbons (Fsp3) is 1.00. The smallest absolute Gasteiger partial charge is 0.162 e. The van der Waals surface area contributed by atoms with Gasteiger partial charge in [0.2, 0.25) is 0 Å². The van der Waals surface area contributed by atoms with Crippen LogP contribution in [0.5, 0.6) is 0 Å². The summed E-state index contributed by atoms with van der Waals surface area (Å²) in [5.74, 6) is -0.432. The van der Waals surface area contributed by atoms with E-state index in [0.29, 0.717) is 19.8 Å². The Morgan fingerprint density at radius 3 is 2.17 bits per heavy atom. The second-order valence-electron chi connectivity index (χ2n) is 3.89. The third kappa shape index (κ3) is 2.21. The van der Waals surface area contributed by atoms with E-state index >= 15 is 0 Å². The Balaban J connectivity index is 2.53. The maximum atomic E-state index is 5.66. The lowest BCUT2D eigenvalue weighted by Crippen LogP contribution is -2.49. The topological polar surface area (TPSA) is 44.5 Å². The van der Waals surface area contributed by atoms with Crippen molar-refractivity contribution in [3.8, 4) is 0 Å². The van der Waals surface area contributed by atoms with Crippen molar-refractivity contribution >= 4 is 16.3 Å². The van der Waals surface area contributed by atoms with Crippen molar-refractivity contribution in [3.05, 3.63) is 0 Å². The van der Waals surface area contributed by atoms with Gasteiger partial charge in [-0.15, -0.1) is 5.28 Å². The van der Waals surface area contributed by atoms with E-state index < -0.39 is 5.79 Å². The van der Waals surface area contributed by atoms with E-state index in [-0.39, 0.29) is 5.41 Å². The van der Waals surface area contributed by atoms with Crippen molar-refractivity contribution in [2.45, 2.75) is 24.9 Å². The summed E-state index contributed by atoms with van der Waals surface area (Å²) in [6.45, 7) is 5.86. The lowest BCUT2D eigenvalue weighted by Gasteiger charge is -2.42. The molecule has 4 heteroatoms. The average molecular weight is 185 g/mol. The van der Waals surface area contributed by atoms with Gasteiger partial charge in [-0.1, -0.05) is 0 Å². The van der Waals surface area contributed by atoms with E-state index in [1.165, 1.54) is 0 Å². The predicted molar refractivity (Wildman–Crippen MR) is 48.0 cm³/mol. The van der Waals surface area contributed by atoms with Crippen LogP contribution in [0.15, 0.2) is 0 Å². The molecule has 1 heterocycles. The van der Waals surface area contributed by atoms with Crippen LogP contribution in [0.3, 0.4) is 0 Å². The summed E-state index contributed by atoms with van der Waals surface area (Å²) in [7, 11) is 0. The fourth-order valence-corrected chi connectivity index (χ4v) is 1.46. The molecule has 1 aliphatic heterocycles. The van der Waals surface area contributed by atoms with Crippen molar-refractivity contribution < 1.29 is 9.47 Å². The highest BCUT2D eigenvalue weighted by Gasteiger charge is 2.37. The summed E-state index contributed by atoms with van der Waals surface area (Å²) >= 11 is 2.70. The first-order valence-electron chi connectivity index (χ1n) is 4.22. The first-order valence-corrected chi connectivity index (χ1v) is 5.03. The van der Waals surface area contributed by atoms with E-state index in [9.17, 15) is 0 Å². The summed E-state index contributed by atoms with van der Waals surface area (Å²) in [5.41, 5.74) is 5.68. The monoisotopic (exact) mass is 185 g/mol. The van der Waals surface area contributed by atoms with E-state index in [1.807, 2.05) is 13.8 Å². The molecular weight excluding hydrogens is 169 g/mol. The van der Waals surface area contributed by atoms with Gasteiger partial charge >= 0.3 is 0 Å². The normalized spacial score (nSPS) is 26.9. The molecule has 0 unspecified atom stereocenters. The van der Waals surface area contributed by atoms with Gasteiger partial charge in [0.1, 0.15) is 16.3 Å². The van der Waals surface area contributed by atoms with Gasteiger partial charge in [0.25, 0.3) is 0 Å². The molecule has 68 valence electrons. The van der Waals surface area contributed by atoms with Gasteiger partial charge in [0.05, 0.1) is 13.2 Å². The molecule has 3 nitrogen and oxygen atoms in total. The van der Waals surface area contributed by atoms with E-state index in [0.717, 1.165) is 5.28 Å². The van der Waals surface area contributed by atoms with Crippen molar-refractivity contribution in [1.82, 2.24) is 0 Å². The Hall–Kier alpha value is 0.412. The van der Waals surface area contributed by atoms with E-state index in [4.69, 9.17) is 15.2 Å². The zero-order chi connectivity index (χ0) is 9.24. The second kappa shape index (κ2) is 3.65. The molecule has 1 fully saturated rings. The zero-order valence-electron chi connectivity index (χ0n) is 7.80. The lowest BCUT2D eigenvalue weighted by molar-refractivity contribution is -0.280. The molecule has 0 aromatic heterocycles. The van der Waals surface area contributed by atoms with Crippen LogP contribution in [-0.4, -0.2) is 41.8 Å². The van der Waals surface area contributed by atoms with E-state index in [1.54, 1.807) is 0 Å². The Morgan fingerprint density at radius 2 is 1.83 bits per heavy atom. The molecule has 0 saturated carbocycles. The third-order valence-electron chi connectivity index (χ3n) is 2.32. The summed E-state index contributed by atoms with van der Waals surface area (Å²) in [6, 6.07) is 0. The quantitative estimate of drug-likeness (QED) is 0.629. The zero-order valence-corrected chi connectivity index (χ0v) is 8.95. The number of rotatable bonds is 2. The molecule has 0 aliphatic carbocycles. The van der Waals surface area contributed by atoms with Gasteiger partial charge in [0, 0.05) is 12.0 Å². The van der Waals surface area contributed by atoms with Gasteiger partial charge in [-0.05, 0) is 13.8 Å². The second-order valence-corrected chi connectivity index (χ2v) is 4.29. The molecule has 2 radical (unpaired) electrons. The minimum absolute atomic E-state index is 0.0141. The maximum absolute atomic E-state index is 5.66. The summed E-state index contributed by atoms with van der Waals surface area (Å²) < 4.78 is 11.1. The Kier molecular flexibility index (Phi) is 3.19. The van der Waals surface area contributed by atoms with Crippen LogP contribution in [0.25, 0.3) is 0 Å². The highest BCUT2D eigenvalue weighted by atomic mass is 27.0. The molecule has 0 aromatic carbocycles. The molecule has 0 spiro atoms. The number of ether oxygens (including phenoxy) is 2. The minimum atomic E-state index is -0.432. The van der Waals surface area contributed by atoms with Crippen LogP contribution in [0, 0.1) is 5.41 Å². The largest absolute Gasteiger partial charge is 0.350 e.